The highest BCUT2D eigenvalue weighted by molar-refractivity contribution is 6.17. The normalized spacial score (nSPS) is 11.5. The summed E-state index contributed by atoms with van der Waals surface area (Å²) >= 11 is 5.77. The van der Waals surface area contributed by atoms with Gasteiger partial charge in [0.05, 0.1) is 18.1 Å². The molecular formula is C13H12ClN8O+. The lowest BCUT2D eigenvalue weighted by Crippen LogP contribution is -2.32. The molecule has 0 atom stereocenters. The Labute approximate surface area is 134 Å². The van der Waals surface area contributed by atoms with Gasteiger partial charge in [-0.1, -0.05) is 0 Å². The molecule has 0 fully saturated rings. The van der Waals surface area contributed by atoms with Gasteiger partial charge in [0.1, 0.15) is 0 Å². The summed E-state index contributed by atoms with van der Waals surface area (Å²) in [5, 5.41) is 19.2. The van der Waals surface area contributed by atoms with Crippen molar-refractivity contribution < 1.29 is 9.94 Å². The monoisotopic (exact) mass is 331 g/mol. The number of rotatable bonds is 3. The van der Waals surface area contributed by atoms with Crippen LogP contribution >= 0.6 is 11.6 Å². The van der Waals surface area contributed by atoms with Crippen molar-refractivity contribution in [2.75, 3.05) is 11.6 Å². The number of alkyl halides is 1. The van der Waals surface area contributed by atoms with Crippen molar-refractivity contribution in [1.82, 2.24) is 29.4 Å². The molecule has 0 spiro atoms. The van der Waals surface area contributed by atoms with Gasteiger partial charge in [-0.15, -0.1) is 16.7 Å². The number of hydrogen-bond donors (Lipinski definition) is 2. The first-order valence-corrected chi connectivity index (χ1v) is 7.36. The zero-order valence-corrected chi connectivity index (χ0v) is 12.6. The topological polar surface area (TPSA) is 111 Å². The van der Waals surface area contributed by atoms with E-state index in [2.05, 4.69) is 20.2 Å². The number of aryl methyl sites for hydroxylation is 1. The van der Waals surface area contributed by atoms with Crippen LogP contribution in [0.2, 0.25) is 0 Å². The van der Waals surface area contributed by atoms with Crippen molar-refractivity contribution in [3.8, 4) is 11.5 Å². The molecular weight excluding hydrogens is 320 g/mol. The highest BCUT2D eigenvalue weighted by atomic mass is 35.5. The van der Waals surface area contributed by atoms with Crippen molar-refractivity contribution in [1.29, 1.82) is 0 Å². The zero-order valence-electron chi connectivity index (χ0n) is 11.8. The number of fused-ring (bicyclic) bond motifs is 3. The van der Waals surface area contributed by atoms with Gasteiger partial charge in [0.2, 0.25) is 12.1 Å². The molecule has 0 saturated carbocycles. The van der Waals surface area contributed by atoms with E-state index in [1.54, 1.807) is 29.1 Å². The van der Waals surface area contributed by atoms with E-state index in [1.165, 1.54) is 10.7 Å². The molecule has 0 saturated heterocycles. The van der Waals surface area contributed by atoms with Gasteiger partial charge < -0.3 is 5.73 Å². The average Bonchev–Trinajstić information content (AvgIpc) is 3.13. The molecule has 0 aliphatic heterocycles. The zero-order chi connectivity index (χ0) is 16.0. The Morgan fingerprint density at radius 3 is 2.91 bits per heavy atom. The molecule has 4 aromatic rings. The van der Waals surface area contributed by atoms with Crippen LogP contribution < -0.4 is 10.5 Å². The lowest BCUT2D eigenvalue weighted by atomic mass is 10.3. The fourth-order valence-corrected chi connectivity index (χ4v) is 2.58. The van der Waals surface area contributed by atoms with Crippen LogP contribution in [0.25, 0.3) is 28.2 Å². The standard InChI is InChI=1S/C13H12ClN8O/c14-4-6-20-11-8(7-16-20)12-17-10(19-22(12)13(15)18-11)9-3-1-2-5-21(9)23/h1-3,5,7,23H,4,6H2,(H2,15,18)/q+1. The van der Waals surface area contributed by atoms with E-state index in [0.29, 0.717) is 40.6 Å². The fourth-order valence-electron chi connectivity index (χ4n) is 2.42. The fraction of sp³-hybridized carbons (Fsp3) is 0.154. The minimum absolute atomic E-state index is 0.183. The van der Waals surface area contributed by atoms with E-state index in [9.17, 15) is 5.21 Å². The summed E-state index contributed by atoms with van der Waals surface area (Å²) in [7, 11) is 0. The summed E-state index contributed by atoms with van der Waals surface area (Å²) in [6.07, 6.45) is 3.15. The predicted molar refractivity (Wildman–Crippen MR) is 82.0 cm³/mol. The minimum Gasteiger partial charge on any atom is -0.368 e. The summed E-state index contributed by atoms with van der Waals surface area (Å²) < 4.78 is 4.05. The molecule has 0 radical (unpaired) electrons. The molecule has 9 nitrogen and oxygen atoms in total. The second kappa shape index (κ2) is 5.06. The number of anilines is 1. The van der Waals surface area contributed by atoms with Crippen LogP contribution in [0.1, 0.15) is 0 Å². The van der Waals surface area contributed by atoms with Gasteiger partial charge in [0, 0.05) is 22.7 Å². The smallest absolute Gasteiger partial charge is 0.303 e. The molecule has 4 heterocycles. The number of aromatic nitrogens is 7. The highest BCUT2D eigenvalue weighted by Gasteiger charge is 2.21. The van der Waals surface area contributed by atoms with E-state index >= 15 is 0 Å². The Kier molecular flexibility index (Phi) is 3.01. The van der Waals surface area contributed by atoms with Gasteiger partial charge >= 0.3 is 5.69 Å². The van der Waals surface area contributed by atoms with Crippen molar-refractivity contribution in [3.05, 3.63) is 30.6 Å². The molecule has 0 aliphatic carbocycles. The molecule has 0 aromatic carbocycles. The molecule has 10 heteroatoms. The maximum Gasteiger partial charge on any atom is 0.303 e. The molecule has 0 aliphatic rings. The van der Waals surface area contributed by atoms with Gasteiger partial charge in [0.15, 0.2) is 11.3 Å². The van der Waals surface area contributed by atoms with E-state index in [0.717, 1.165) is 4.73 Å². The number of halogens is 1. The van der Waals surface area contributed by atoms with Crippen molar-refractivity contribution in [2.24, 2.45) is 0 Å². The van der Waals surface area contributed by atoms with Crippen LogP contribution in [-0.4, -0.2) is 40.4 Å². The van der Waals surface area contributed by atoms with E-state index in [4.69, 9.17) is 17.3 Å². The first kappa shape index (κ1) is 13.7. The Morgan fingerprint density at radius 1 is 1.26 bits per heavy atom. The van der Waals surface area contributed by atoms with Gasteiger partial charge in [-0.25, -0.2) is 9.67 Å². The number of hydrogen-bond acceptors (Lipinski definition) is 6. The number of nitrogens with zero attached hydrogens (tertiary/aromatic N) is 7. The summed E-state index contributed by atoms with van der Waals surface area (Å²) in [4.78, 5) is 8.79. The largest absolute Gasteiger partial charge is 0.368 e. The van der Waals surface area contributed by atoms with Gasteiger partial charge in [0.25, 0.3) is 5.82 Å². The second-order valence-electron chi connectivity index (χ2n) is 4.87. The third kappa shape index (κ3) is 2.05. The minimum atomic E-state index is 0.183. The molecule has 0 unspecified atom stereocenters. The maximum absolute atomic E-state index is 9.90. The molecule has 4 rings (SSSR count). The van der Waals surface area contributed by atoms with Gasteiger partial charge in [-0.3, -0.25) is 5.21 Å². The van der Waals surface area contributed by atoms with E-state index in [1.807, 2.05) is 0 Å². The van der Waals surface area contributed by atoms with Crippen molar-refractivity contribution in [3.63, 3.8) is 0 Å². The number of nitrogen functional groups attached to an aromatic ring is 1. The SMILES string of the molecule is Nc1nc2c(cnn2CCCl)c2nc(-c3cccc[n+]3O)nn12. The number of nitrogens with two attached hydrogens (primary N) is 1. The molecule has 0 bridgehead atoms. The van der Waals surface area contributed by atoms with Crippen LogP contribution in [0.5, 0.6) is 0 Å². The Morgan fingerprint density at radius 2 is 2.13 bits per heavy atom. The first-order chi connectivity index (χ1) is 11.2. The molecule has 4 aromatic heterocycles. The third-order valence-electron chi connectivity index (χ3n) is 3.46. The predicted octanol–water partition coefficient (Wildman–Crippen LogP) is 0.487. The quantitative estimate of drug-likeness (QED) is 0.321. The Bertz CT molecular complexity index is 1020. The lowest BCUT2D eigenvalue weighted by Gasteiger charge is -2.01. The summed E-state index contributed by atoms with van der Waals surface area (Å²) in [5.41, 5.74) is 7.54. The molecule has 0 amide bonds. The summed E-state index contributed by atoms with van der Waals surface area (Å²) in [6, 6.07) is 5.18. The van der Waals surface area contributed by atoms with Crippen LogP contribution in [0.4, 0.5) is 5.95 Å². The van der Waals surface area contributed by atoms with Gasteiger partial charge in [-0.2, -0.15) is 14.6 Å². The first-order valence-electron chi connectivity index (χ1n) is 6.83. The van der Waals surface area contributed by atoms with Crippen LogP contribution in [-0.2, 0) is 6.54 Å². The number of pyridine rings is 1. The van der Waals surface area contributed by atoms with E-state index < -0.39 is 0 Å². The Hall–Kier alpha value is -2.94. The molecule has 23 heavy (non-hydrogen) atoms. The van der Waals surface area contributed by atoms with Crippen LogP contribution in [0.15, 0.2) is 30.6 Å². The molecule has 3 N–H and O–H groups in total. The summed E-state index contributed by atoms with van der Waals surface area (Å²) in [5.74, 6) is 0.929. The van der Waals surface area contributed by atoms with Crippen LogP contribution in [0.3, 0.4) is 0 Å². The maximum atomic E-state index is 9.90. The average molecular weight is 332 g/mol. The van der Waals surface area contributed by atoms with Crippen LogP contribution in [0, 0.1) is 0 Å². The van der Waals surface area contributed by atoms with Crippen molar-refractivity contribution >= 4 is 34.2 Å². The van der Waals surface area contributed by atoms with Crippen molar-refractivity contribution in [2.45, 2.75) is 6.54 Å². The lowest BCUT2D eigenvalue weighted by molar-refractivity contribution is -0.896. The molecule has 116 valence electrons. The third-order valence-corrected chi connectivity index (χ3v) is 3.63. The second-order valence-corrected chi connectivity index (χ2v) is 5.24. The highest BCUT2D eigenvalue weighted by Crippen LogP contribution is 2.21. The Balaban J connectivity index is 2.00. The van der Waals surface area contributed by atoms with Gasteiger partial charge in [-0.05, 0) is 6.07 Å². The van der Waals surface area contributed by atoms with E-state index in [-0.39, 0.29) is 5.95 Å². The summed E-state index contributed by atoms with van der Waals surface area (Å²) in [6.45, 7) is 0.518.